The highest BCUT2D eigenvalue weighted by Gasteiger charge is 2.19. The lowest BCUT2D eigenvalue weighted by Gasteiger charge is -2.29. The molecule has 1 amide bonds. The maximum atomic E-state index is 12.5. The van der Waals surface area contributed by atoms with E-state index in [9.17, 15) is 4.79 Å². The van der Waals surface area contributed by atoms with Gasteiger partial charge in [0.25, 0.3) is 5.91 Å². The van der Waals surface area contributed by atoms with Crippen molar-refractivity contribution < 1.29 is 9.53 Å². The van der Waals surface area contributed by atoms with Crippen LogP contribution in [-0.4, -0.2) is 68.3 Å². The van der Waals surface area contributed by atoms with Crippen molar-refractivity contribution >= 4 is 11.7 Å². The molecule has 3 heterocycles. The van der Waals surface area contributed by atoms with E-state index in [0.29, 0.717) is 12.1 Å². The Balaban J connectivity index is 1.56. The first-order valence-corrected chi connectivity index (χ1v) is 8.63. The van der Waals surface area contributed by atoms with Crippen molar-refractivity contribution in [2.75, 3.05) is 57.4 Å². The van der Waals surface area contributed by atoms with E-state index in [-0.39, 0.29) is 5.91 Å². The second-order valence-corrected chi connectivity index (χ2v) is 6.13. The van der Waals surface area contributed by atoms with Crippen LogP contribution in [-0.2, 0) is 4.74 Å². The fourth-order valence-corrected chi connectivity index (χ4v) is 3.18. The number of hydrogen-bond donors (Lipinski definition) is 1. The van der Waals surface area contributed by atoms with Gasteiger partial charge >= 0.3 is 0 Å². The van der Waals surface area contributed by atoms with Gasteiger partial charge in [-0.05, 0) is 31.4 Å². The minimum atomic E-state index is -0.0214. The lowest BCUT2D eigenvalue weighted by molar-refractivity contribution is 0.0383. The molecule has 1 aromatic rings. The third kappa shape index (κ3) is 4.42. The molecule has 1 N–H and O–H groups in total. The van der Waals surface area contributed by atoms with Gasteiger partial charge in [0.15, 0.2) is 0 Å². The first-order valence-electron chi connectivity index (χ1n) is 8.63. The minimum absolute atomic E-state index is 0.0214. The second kappa shape index (κ2) is 8.26. The second-order valence-electron chi connectivity index (χ2n) is 6.13. The maximum Gasteiger partial charge on any atom is 0.255 e. The first kappa shape index (κ1) is 16.2. The smallest absolute Gasteiger partial charge is 0.255 e. The van der Waals surface area contributed by atoms with E-state index in [1.54, 1.807) is 6.20 Å². The van der Waals surface area contributed by atoms with Gasteiger partial charge in [-0.2, -0.15) is 0 Å². The number of carbonyl (C=O) groups is 1. The molecule has 2 aliphatic rings. The average molecular weight is 318 g/mol. The molecule has 23 heavy (non-hydrogen) atoms. The van der Waals surface area contributed by atoms with E-state index >= 15 is 0 Å². The molecule has 2 fully saturated rings. The molecule has 0 saturated carbocycles. The summed E-state index contributed by atoms with van der Waals surface area (Å²) in [5.41, 5.74) is 0.691. The van der Waals surface area contributed by atoms with E-state index in [0.717, 1.165) is 51.8 Å². The summed E-state index contributed by atoms with van der Waals surface area (Å²) < 4.78 is 5.34. The molecule has 0 bridgehead atoms. The Bertz CT molecular complexity index is 511. The number of aromatic nitrogens is 1. The van der Waals surface area contributed by atoms with Gasteiger partial charge in [-0.1, -0.05) is 0 Å². The monoisotopic (exact) mass is 318 g/mol. The zero-order valence-electron chi connectivity index (χ0n) is 13.7. The van der Waals surface area contributed by atoms with Gasteiger partial charge in [-0.25, -0.2) is 4.98 Å². The maximum absolute atomic E-state index is 12.5. The molecule has 0 aliphatic carbocycles. The van der Waals surface area contributed by atoms with E-state index in [4.69, 9.17) is 4.74 Å². The lowest BCUT2D eigenvalue weighted by Crippen LogP contribution is -2.41. The summed E-state index contributed by atoms with van der Waals surface area (Å²) >= 11 is 0. The molecule has 1 aromatic heterocycles. The summed E-state index contributed by atoms with van der Waals surface area (Å²) in [7, 11) is 0. The van der Waals surface area contributed by atoms with Gasteiger partial charge in [-0.15, -0.1) is 0 Å². The minimum Gasteiger partial charge on any atom is -0.379 e. The highest BCUT2D eigenvalue weighted by atomic mass is 16.5. The topological polar surface area (TPSA) is 57.7 Å². The number of pyridine rings is 1. The molecular weight excluding hydrogens is 292 g/mol. The van der Waals surface area contributed by atoms with Gasteiger partial charge in [0.2, 0.25) is 0 Å². The fourth-order valence-electron chi connectivity index (χ4n) is 3.18. The van der Waals surface area contributed by atoms with Crippen molar-refractivity contribution in [3.8, 4) is 0 Å². The van der Waals surface area contributed by atoms with Crippen LogP contribution in [0.25, 0.3) is 0 Å². The lowest BCUT2D eigenvalue weighted by atomic mass is 10.1. The zero-order valence-corrected chi connectivity index (χ0v) is 13.7. The van der Waals surface area contributed by atoms with E-state index < -0.39 is 0 Å². The van der Waals surface area contributed by atoms with Crippen LogP contribution < -0.4 is 10.2 Å². The van der Waals surface area contributed by atoms with Crippen molar-refractivity contribution in [1.82, 2.24) is 15.2 Å². The molecule has 0 radical (unpaired) electrons. The van der Waals surface area contributed by atoms with E-state index in [2.05, 4.69) is 20.1 Å². The standard InChI is InChI=1S/C17H26N4O2/c22-17(19-7-10-20-11-13-23-14-12-20)15-5-4-6-18-16(15)21-8-2-1-3-9-21/h4-6H,1-3,7-14H2,(H,19,22). The van der Waals surface area contributed by atoms with Crippen molar-refractivity contribution in [1.29, 1.82) is 0 Å². The van der Waals surface area contributed by atoms with Crippen LogP contribution in [0.1, 0.15) is 29.6 Å². The number of rotatable bonds is 5. The van der Waals surface area contributed by atoms with Crippen LogP contribution in [0.3, 0.4) is 0 Å². The number of hydrogen-bond acceptors (Lipinski definition) is 5. The number of anilines is 1. The van der Waals surface area contributed by atoms with Crippen LogP contribution in [0.2, 0.25) is 0 Å². The molecule has 6 heteroatoms. The Hall–Kier alpha value is -1.66. The van der Waals surface area contributed by atoms with Gasteiger partial charge in [0, 0.05) is 45.5 Å². The van der Waals surface area contributed by atoms with Crippen LogP contribution in [0.5, 0.6) is 0 Å². The SMILES string of the molecule is O=C(NCCN1CCOCC1)c1cccnc1N1CCCCC1. The third-order valence-electron chi connectivity index (χ3n) is 4.50. The Morgan fingerprint density at radius 3 is 2.74 bits per heavy atom. The summed E-state index contributed by atoms with van der Waals surface area (Å²) in [6.07, 6.45) is 5.39. The molecule has 0 aromatic carbocycles. The number of piperidine rings is 1. The first-order chi connectivity index (χ1) is 11.3. The Morgan fingerprint density at radius 2 is 1.96 bits per heavy atom. The van der Waals surface area contributed by atoms with Gasteiger partial charge in [-0.3, -0.25) is 9.69 Å². The number of carbonyl (C=O) groups excluding carboxylic acids is 1. The summed E-state index contributed by atoms with van der Waals surface area (Å²) in [5.74, 6) is 0.808. The molecule has 126 valence electrons. The van der Waals surface area contributed by atoms with Crippen LogP contribution in [0.15, 0.2) is 18.3 Å². The molecule has 6 nitrogen and oxygen atoms in total. The van der Waals surface area contributed by atoms with Crippen molar-refractivity contribution in [2.24, 2.45) is 0 Å². The number of ether oxygens (including phenoxy) is 1. The predicted molar refractivity (Wildman–Crippen MR) is 89.9 cm³/mol. The fraction of sp³-hybridized carbons (Fsp3) is 0.647. The predicted octanol–water partition coefficient (Wildman–Crippen LogP) is 1.13. The highest BCUT2D eigenvalue weighted by molar-refractivity contribution is 5.98. The summed E-state index contributed by atoms with van der Waals surface area (Å²) in [4.78, 5) is 21.5. The number of amides is 1. The molecule has 2 saturated heterocycles. The summed E-state index contributed by atoms with van der Waals surface area (Å²) in [6, 6.07) is 3.71. The Labute approximate surface area is 137 Å². The van der Waals surface area contributed by atoms with Crippen molar-refractivity contribution in [3.05, 3.63) is 23.9 Å². The van der Waals surface area contributed by atoms with Crippen LogP contribution in [0.4, 0.5) is 5.82 Å². The molecule has 3 rings (SSSR count). The van der Waals surface area contributed by atoms with Gasteiger partial charge in [0.05, 0.1) is 18.8 Å². The Morgan fingerprint density at radius 1 is 1.17 bits per heavy atom. The highest BCUT2D eigenvalue weighted by Crippen LogP contribution is 2.21. The van der Waals surface area contributed by atoms with E-state index in [1.165, 1.54) is 19.3 Å². The van der Waals surface area contributed by atoms with Crippen molar-refractivity contribution in [2.45, 2.75) is 19.3 Å². The van der Waals surface area contributed by atoms with E-state index in [1.807, 2.05) is 12.1 Å². The molecule has 0 spiro atoms. The normalized spacial score (nSPS) is 19.6. The van der Waals surface area contributed by atoms with Crippen molar-refractivity contribution in [3.63, 3.8) is 0 Å². The Kier molecular flexibility index (Phi) is 5.82. The number of morpholine rings is 1. The largest absolute Gasteiger partial charge is 0.379 e. The van der Waals surface area contributed by atoms with Gasteiger partial charge in [0.1, 0.15) is 5.82 Å². The molecular formula is C17H26N4O2. The summed E-state index contributed by atoms with van der Waals surface area (Å²) in [6.45, 7) is 6.98. The zero-order chi connectivity index (χ0) is 15.9. The molecule has 2 aliphatic heterocycles. The quantitative estimate of drug-likeness (QED) is 0.882. The summed E-state index contributed by atoms with van der Waals surface area (Å²) in [5, 5.41) is 3.04. The molecule has 0 atom stereocenters. The number of nitrogens with zero attached hydrogens (tertiary/aromatic N) is 3. The average Bonchev–Trinajstić information content (AvgIpc) is 2.63. The van der Waals surface area contributed by atoms with Crippen LogP contribution >= 0.6 is 0 Å². The third-order valence-corrected chi connectivity index (χ3v) is 4.50. The molecule has 0 unspecified atom stereocenters. The number of nitrogens with one attached hydrogen (secondary N) is 1. The van der Waals surface area contributed by atoms with Crippen LogP contribution in [0, 0.1) is 0 Å². The van der Waals surface area contributed by atoms with Gasteiger partial charge < -0.3 is 15.0 Å².